The molecule has 0 radical (unpaired) electrons. The second kappa shape index (κ2) is 8.35. The lowest BCUT2D eigenvalue weighted by molar-refractivity contribution is -0.127. The summed E-state index contributed by atoms with van der Waals surface area (Å²) in [5.41, 5.74) is 1.38. The molecule has 1 amide bonds. The van der Waals surface area contributed by atoms with Crippen LogP contribution in [0.5, 0.6) is 0 Å². The molecule has 1 aromatic heterocycles. The molecule has 2 aromatic carbocycles. The smallest absolute Gasteiger partial charge is 0.262 e. The molecule has 0 spiro atoms. The van der Waals surface area contributed by atoms with Crippen molar-refractivity contribution in [3.8, 4) is 0 Å². The lowest BCUT2D eigenvalue weighted by Gasteiger charge is -2.17. The summed E-state index contributed by atoms with van der Waals surface area (Å²) < 4.78 is 14.6. The van der Waals surface area contributed by atoms with Crippen LogP contribution in [0.1, 0.15) is 12.5 Å². The second-order valence-electron chi connectivity index (χ2n) is 6.13. The van der Waals surface area contributed by atoms with Crippen LogP contribution >= 0.6 is 11.8 Å². The molecule has 3 rings (SSSR count). The molecule has 0 N–H and O–H groups in total. The molecule has 0 aliphatic carbocycles. The number of rotatable bonds is 6. The van der Waals surface area contributed by atoms with Gasteiger partial charge < -0.3 is 4.90 Å². The van der Waals surface area contributed by atoms with Crippen LogP contribution in [0.25, 0.3) is 10.9 Å². The minimum Gasteiger partial charge on any atom is -0.341 e. The zero-order valence-electron chi connectivity index (χ0n) is 15.2. The molecule has 5 nitrogen and oxygen atoms in total. The molecule has 1 heterocycles. The lowest BCUT2D eigenvalue weighted by Crippen LogP contribution is -2.28. The van der Waals surface area contributed by atoms with Crippen molar-refractivity contribution in [1.29, 1.82) is 0 Å². The lowest BCUT2D eigenvalue weighted by atomic mass is 10.2. The number of para-hydroxylation sites is 1. The van der Waals surface area contributed by atoms with E-state index >= 15 is 0 Å². The van der Waals surface area contributed by atoms with Crippen molar-refractivity contribution >= 4 is 28.6 Å². The molecule has 0 aliphatic heterocycles. The van der Waals surface area contributed by atoms with Gasteiger partial charge >= 0.3 is 0 Å². The zero-order valence-corrected chi connectivity index (χ0v) is 16.0. The van der Waals surface area contributed by atoms with Gasteiger partial charge in [-0.25, -0.2) is 9.37 Å². The highest BCUT2D eigenvalue weighted by atomic mass is 32.2. The molecule has 0 fully saturated rings. The van der Waals surface area contributed by atoms with Crippen LogP contribution < -0.4 is 5.56 Å². The van der Waals surface area contributed by atoms with Gasteiger partial charge in [0.25, 0.3) is 5.56 Å². The molecule has 3 aromatic rings. The Labute approximate surface area is 160 Å². The first-order chi connectivity index (χ1) is 13.0. The Morgan fingerprint density at radius 1 is 1.19 bits per heavy atom. The molecule has 7 heteroatoms. The van der Waals surface area contributed by atoms with Gasteiger partial charge in [0.05, 0.1) is 16.7 Å². The molecular weight excluding hydrogens is 365 g/mol. The maximum absolute atomic E-state index is 13.0. The Morgan fingerprint density at radius 2 is 1.89 bits per heavy atom. The fraction of sp³-hybridized carbons (Fsp3) is 0.250. The van der Waals surface area contributed by atoms with E-state index in [0.717, 1.165) is 5.56 Å². The zero-order chi connectivity index (χ0) is 19.4. The highest BCUT2D eigenvalue weighted by Gasteiger charge is 2.14. The van der Waals surface area contributed by atoms with Crippen LogP contribution in [0, 0.1) is 5.82 Å². The van der Waals surface area contributed by atoms with Gasteiger partial charge in [0.1, 0.15) is 5.82 Å². The summed E-state index contributed by atoms with van der Waals surface area (Å²) in [5, 5.41) is 1.10. The van der Waals surface area contributed by atoms with Crippen molar-refractivity contribution in [2.75, 3.05) is 12.8 Å². The molecule has 140 valence electrons. The number of halogens is 1. The minimum atomic E-state index is -0.303. The number of carbonyl (C=O) groups excluding carboxylic acids is 1. The highest BCUT2D eigenvalue weighted by molar-refractivity contribution is 7.99. The van der Waals surface area contributed by atoms with Crippen LogP contribution in [0.2, 0.25) is 0 Å². The Bertz CT molecular complexity index is 1020. The third-order valence-corrected chi connectivity index (χ3v) is 5.19. The first-order valence-corrected chi connectivity index (χ1v) is 9.59. The number of amides is 1. The maximum Gasteiger partial charge on any atom is 0.262 e. The van der Waals surface area contributed by atoms with Gasteiger partial charge in [0.2, 0.25) is 5.91 Å². The summed E-state index contributed by atoms with van der Waals surface area (Å²) in [6.45, 7) is 2.76. The van der Waals surface area contributed by atoms with E-state index in [0.29, 0.717) is 29.1 Å². The summed E-state index contributed by atoms with van der Waals surface area (Å²) in [5.74, 6) is -0.222. The number of aromatic nitrogens is 2. The van der Waals surface area contributed by atoms with Crippen LogP contribution in [0.15, 0.2) is 58.5 Å². The average molecular weight is 385 g/mol. The topological polar surface area (TPSA) is 55.2 Å². The third-order valence-electron chi connectivity index (χ3n) is 4.23. The first kappa shape index (κ1) is 19.1. The van der Waals surface area contributed by atoms with Crippen LogP contribution in [-0.2, 0) is 17.9 Å². The van der Waals surface area contributed by atoms with Crippen molar-refractivity contribution in [3.63, 3.8) is 0 Å². The van der Waals surface area contributed by atoms with Crippen LogP contribution in [0.4, 0.5) is 4.39 Å². The van der Waals surface area contributed by atoms with Gasteiger partial charge in [-0.1, -0.05) is 36.0 Å². The Morgan fingerprint density at radius 3 is 2.59 bits per heavy atom. The van der Waals surface area contributed by atoms with E-state index < -0.39 is 0 Å². The van der Waals surface area contributed by atoms with E-state index in [1.165, 1.54) is 23.9 Å². The summed E-state index contributed by atoms with van der Waals surface area (Å²) >= 11 is 1.25. The summed E-state index contributed by atoms with van der Waals surface area (Å²) in [6, 6.07) is 13.3. The second-order valence-corrected chi connectivity index (χ2v) is 7.07. The molecule has 0 atom stereocenters. The quantitative estimate of drug-likeness (QED) is 0.483. The number of fused-ring (bicyclic) bond motifs is 1. The van der Waals surface area contributed by atoms with E-state index in [9.17, 15) is 14.0 Å². The van der Waals surface area contributed by atoms with Gasteiger partial charge in [-0.2, -0.15) is 0 Å². The van der Waals surface area contributed by atoms with Crippen LogP contribution in [-0.4, -0.2) is 33.2 Å². The maximum atomic E-state index is 13.0. The number of thioether (sulfide) groups is 1. The van der Waals surface area contributed by atoms with E-state index in [4.69, 9.17) is 0 Å². The fourth-order valence-electron chi connectivity index (χ4n) is 2.73. The summed E-state index contributed by atoms with van der Waals surface area (Å²) in [4.78, 5) is 31.2. The van der Waals surface area contributed by atoms with E-state index in [2.05, 4.69) is 4.98 Å². The highest BCUT2D eigenvalue weighted by Crippen LogP contribution is 2.18. The normalized spacial score (nSPS) is 10.9. The number of nitrogens with zero attached hydrogens (tertiary/aromatic N) is 3. The number of hydrogen-bond acceptors (Lipinski definition) is 4. The predicted molar refractivity (Wildman–Crippen MR) is 105 cm³/mol. The average Bonchev–Trinajstić information content (AvgIpc) is 2.68. The fourth-order valence-corrected chi connectivity index (χ4v) is 3.73. The van der Waals surface area contributed by atoms with Crippen LogP contribution in [0.3, 0.4) is 0 Å². The molecular formula is C20H20FN3O2S. The monoisotopic (exact) mass is 385 g/mol. The van der Waals surface area contributed by atoms with Crippen molar-refractivity contribution in [3.05, 3.63) is 70.3 Å². The summed E-state index contributed by atoms with van der Waals surface area (Å²) in [7, 11) is 1.70. The molecule has 0 bridgehead atoms. The number of benzene rings is 2. The third kappa shape index (κ3) is 4.36. The van der Waals surface area contributed by atoms with Gasteiger partial charge in [0.15, 0.2) is 5.16 Å². The van der Waals surface area contributed by atoms with Gasteiger partial charge in [0, 0.05) is 20.1 Å². The van der Waals surface area contributed by atoms with Gasteiger partial charge in [-0.3, -0.25) is 14.2 Å². The standard InChI is InChI=1S/C20H20FN3O2S/c1-3-24-19(26)16-6-4-5-7-17(16)22-20(24)27-13-18(25)23(2)12-14-8-10-15(21)11-9-14/h4-11H,3,12-13H2,1-2H3. The predicted octanol–water partition coefficient (Wildman–Crippen LogP) is 3.31. The molecule has 0 saturated heterocycles. The van der Waals surface area contributed by atoms with E-state index in [1.54, 1.807) is 40.8 Å². The Balaban J connectivity index is 1.72. The van der Waals surface area contributed by atoms with Crippen molar-refractivity contribution in [2.45, 2.75) is 25.2 Å². The van der Waals surface area contributed by atoms with Crippen molar-refractivity contribution < 1.29 is 9.18 Å². The minimum absolute atomic E-state index is 0.0885. The molecule has 27 heavy (non-hydrogen) atoms. The Hall–Kier alpha value is -2.67. The number of hydrogen-bond donors (Lipinski definition) is 0. The van der Waals surface area contributed by atoms with Crippen molar-refractivity contribution in [1.82, 2.24) is 14.5 Å². The van der Waals surface area contributed by atoms with Gasteiger partial charge in [-0.05, 0) is 36.8 Å². The molecule has 0 unspecified atom stereocenters. The summed E-state index contributed by atoms with van der Waals surface area (Å²) in [6.07, 6.45) is 0. The first-order valence-electron chi connectivity index (χ1n) is 8.60. The van der Waals surface area contributed by atoms with E-state index in [1.807, 2.05) is 19.1 Å². The largest absolute Gasteiger partial charge is 0.341 e. The molecule has 0 saturated carbocycles. The van der Waals surface area contributed by atoms with Gasteiger partial charge in [-0.15, -0.1) is 0 Å². The SMILES string of the molecule is CCn1c(SCC(=O)N(C)Cc2ccc(F)cc2)nc2ccccc2c1=O. The Kier molecular flexibility index (Phi) is 5.91. The number of carbonyl (C=O) groups is 1. The van der Waals surface area contributed by atoms with E-state index in [-0.39, 0.29) is 23.0 Å². The molecule has 0 aliphatic rings. The van der Waals surface area contributed by atoms with Crippen molar-refractivity contribution in [2.24, 2.45) is 0 Å².